The molecule has 1 aliphatic carbocycles. The Labute approximate surface area is 91.6 Å². The zero-order valence-electron chi connectivity index (χ0n) is 8.27. The number of fused-ring (bicyclic) bond motifs is 3. The highest BCUT2D eigenvalue weighted by Gasteiger charge is 2.29. The summed E-state index contributed by atoms with van der Waals surface area (Å²) in [5.41, 5.74) is 2.16. The van der Waals surface area contributed by atoms with Crippen molar-refractivity contribution in [3.05, 3.63) is 47.5 Å². The molecule has 0 unspecified atom stereocenters. The summed E-state index contributed by atoms with van der Waals surface area (Å²) in [5, 5.41) is 19.1. The number of carbonyl (C=O) groups is 1. The average Bonchev–Trinajstić information content (AvgIpc) is 2.54. The molecule has 2 aromatic rings. The topological polar surface area (TPSA) is 57.5 Å². The summed E-state index contributed by atoms with van der Waals surface area (Å²) < 4.78 is 0. The number of carbonyl (C=O) groups excluding carboxylic acids is 1. The summed E-state index contributed by atoms with van der Waals surface area (Å²) >= 11 is 0. The molecule has 0 atom stereocenters. The molecule has 0 heterocycles. The second-order valence-electron chi connectivity index (χ2n) is 3.76. The predicted octanol–water partition coefficient (Wildman–Crippen LogP) is 2.31. The third-order valence-corrected chi connectivity index (χ3v) is 2.79. The lowest BCUT2D eigenvalue weighted by Crippen LogP contribution is -1.94. The number of phenols is 2. The van der Waals surface area contributed by atoms with Gasteiger partial charge in [0.15, 0.2) is 5.78 Å². The van der Waals surface area contributed by atoms with E-state index in [-0.39, 0.29) is 17.3 Å². The van der Waals surface area contributed by atoms with Crippen LogP contribution in [0.5, 0.6) is 11.5 Å². The second-order valence-corrected chi connectivity index (χ2v) is 3.76. The van der Waals surface area contributed by atoms with Gasteiger partial charge in [0.25, 0.3) is 0 Å². The van der Waals surface area contributed by atoms with Crippen LogP contribution in [0.3, 0.4) is 0 Å². The van der Waals surface area contributed by atoms with Crippen LogP contribution in [0, 0.1) is 0 Å². The number of benzene rings is 2. The second kappa shape index (κ2) is 2.85. The summed E-state index contributed by atoms with van der Waals surface area (Å²) in [6.07, 6.45) is 0. The molecule has 1 aliphatic rings. The maximum atomic E-state index is 12.0. The third-order valence-electron chi connectivity index (χ3n) is 2.79. The van der Waals surface area contributed by atoms with E-state index in [0.717, 1.165) is 5.56 Å². The largest absolute Gasteiger partial charge is 0.508 e. The summed E-state index contributed by atoms with van der Waals surface area (Å²) in [7, 11) is 0. The van der Waals surface area contributed by atoms with Crippen LogP contribution in [0.15, 0.2) is 36.4 Å². The standard InChI is InChI=1S/C13H8O3/c14-7-5-10-12(11(15)6-7)8-3-1-2-4-9(8)13(10)16/h1-6,14-15H. The van der Waals surface area contributed by atoms with Gasteiger partial charge in [0, 0.05) is 22.8 Å². The maximum absolute atomic E-state index is 12.0. The quantitative estimate of drug-likeness (QED) is 0.601. The molecule has 3 rings (SSSR count). The molecular weight excluding hydrogens is 204 g/mol. The molecule has 0 fully saturated rings. The van der Waals surface area contributed by atoms with Crippen molar-refractivity contribution >= 4 is 5.78 Å². The van der Waals surface area contributed by atoms with Crippen molar-refractivity contribution < 1.29 is 15.0 Å². The molecule has 3 heteroatoms. The molecule has 0 amide bonds. The van der Waals surface area contributed by atoms with E-state index in [0.29, 0.717) is 16.7 Å². The van der Waals surface area contributed by atoms with E-state index in [1.54, 1.807) is 18.2 Å². The molecule has 0 aromatic heterocycles. The van der Waals surface area contributed by atoms with Crippen molar-refractivity contribution in [1.82, 2.24) is 0 Å². The Kier molecular flexibility index (Phi) is 1.60. The van der Waals surface area contributed by atoms with Gasteiger partial charge in [-0.05, 0) is 11.6 Å². The first-order valence-corrected chi connectivity index (χ1v) is 4.88. The lowest BCUT2D eigenvalue weighted by molar-refractivity contribution is 0.104. The minimum absolute atomic E-state index is 0.0618. The highest BCUT2D eigenvalue weighted by Crippen LogP contribution is 2.43. The fourth-order valence-corrected chi connectivity index (χ4v) is 2.12. The van der Waals surface area contributed by atoms with Crippen LogP contribution < -0.4 is 0 Å². The molecule has 0 radical (unpaired) electrons. The highest BCUT2D eigenvalue weighted by molar-refractivity contribution is 6.22. The first kappa shape index (κ1) is 8.97. The van der Waals surface area contributed by atoms with Gasteiger partial charge in [-0.2, -0.15) is 0 Å². The molecule has 0 saturated carbocycles. The normalized spacial score (nSPS) is 12.4. The minimum atomic E-state index is -0.156. The van der Waals surface area contributed by atoms with E-state index in [4.69, 9.17) is 0 Å². The van der Waals surface area contributed by atoms with Crippen LogP contribution in [-0.4, -0.2) is 16.0 Å². The van der Waals surface area contributed by atoms with Crippen LogP contribution in [0.1, 0.15) is 15.9 Å². The summed E-state index contributed by atoms with van der Waals surface area (Å²) in [6.45, 7) is 0. The molecule has 0 saturated heterocycles. The number of aromatic hydroxyl groups is 2. The molecule has 16 heavy (non-hydrogen) atoms. The van der Waals surface area contributed by atoms with Crippen molar-refractivity contribution in [2.45, 2.75) is 0 Å². The Hall–Kier alpha value is -2.29. The van der Waals surface area contributed by atoms with Gasteiger partial charge in [-0.3, -0.25) is 4.79 Å². The van der Waals surface area contributed by atoms with Crippen molar-refractivity contribution in [2.75, 3.05) is 0 Å². The Morgan fingerprint density at radius 2 is 1.56 bits per heavy atom. The number of phenolic OH excluding ortho intramolecular Hbond substituents is 2. The van der Waals surface area contributed by atoms with Crippen molar-refractivity contribution in [1.29, 1.82) is 0 Å². The van der Waals surface area contributed by atoms with Gasteiger partial charge in [-0.1, -0.05) is 24.3 Å². The fourth-order valence-electron chi connectivity index (χ4n) is 2.12. The smallest absolute Gasteiger partial charge is 0.194 e. The monoisotopic (exact) mass is 212 g/mol. The predicted molar refractivity (Wildman–Crippen MR) is 58.6 cm³/mol. The van der Waals surface area contributed by atoms with E-state index >= 15 is 0 Å². The van der Waals surface area contributed by atoms with Crippen molar-refractivity contribution in [3.63, 3.8) is 0 Å². The summed E-state index contributed by atoms with van der Waals surface area (Å²) in [6, 6.07) is 9.72. The Bertz CT molecular complexity index is 615. The van der Waals surface area contributed by atoms with E-state index in [1.165, 1.54) is 12.1 Å². The number of hydrogen-bond acceptors (Lipinski definition) is 3. The zero-order valence-corrected chi connectivity index (χ0v) is 8.27. The van der Waals surface area contributed by atoms with Crippen molar-refractivity contribution in [2.24, 2.45) is 0 Å². The molecule has 0 bridgehead atoms. The SMILES string of the molecule is O=C1c2ccccc2-c2c(O)cc(O)cc21. The van der Waals surface area contributed by atoms with Crippen LogP contribution in [0.2, 0.25) is 0 Å². The van der Waals surface area contributed by atoms with Gasteiger partial charge >= 0.3 is 0 Å². The first-order valence-electron chi connectivity index (χ1n) is 4.88. The van der Waals surface area contributed by atoms with Gasteiger partial charge in [0.2, 0.25) is 0 Å². The number of rotatable bonds is 0. The average molecular weight is 212 g/mol. The van der Waals surface area contributed by atoms with Gasteiger partial charge < -0.3 is 10.2 Å². The Morgan fingerprint density at radius 1 is 0.875 bits per heavy atom. The van der Waals surface area contributed by atoms with Gasteiger partial charge in [-0.15, -0.1) is 0 Å². The number of hydrogen-bond donors (Lipinski definition) is 2. The van der Waals surface area contributed by atoms with E-state index in [2.05, 4.69) is 0 Å². The van der Waals surface area contributed by atoms with Crippen LogP contribution in [0.4, 0.5) is 0 Å². The zero-order chi connectivity index (χ0) is 11.3. The molecule has 78 valence electrons. The fraction of sp³-hybridized carbons (Fsp3) is 0. The molecule has 0 spiro atoms. The first-order chi connectivity index (χ1) is 7.68. The lowest BCUT2D eigenvalue weighted by Gasteiger charge is -2.03. The van der Waals surface area contributed by atoms with E-state index in [1.807, 2.05) is 6.07 Å². The van der Waals surface area contributed by atoms with Crippen LogP contribution in [-0.2, 0) is 0 Å². The Morgan fingerprint density at radius 3 is 2.31 bits per heavy atom. The highest BCUT2D eigenvalue weighted by atomic mass is 16.3. The lowest BCUT2D eigenvalue weighted by atomic mass is 10.0. The molecule has 0 aliphatic heterocycles. The molecule has 2 aromatic carbocycles. The van der Waals surface area contributed by atoms with Gasteiger partial charge in [0.1, 0.15) is 11.5 Å². The molecule has 2 N–H and O–H groups in total. The maximum Gasteiger partial charge on any atom is 0.194 e. The number of ketones is 1. The Balaban J connectivity index is 2.43. The van der Waals surface area contributed by atoms with Crippen LogP contribution in [0.25, 0.3) is 11.1 Å². The van der Waals surface area contributed by atoms with Crippen molar-refractivity contribution in [3.8, 4) is 22.6 Å². The van der Waals surface area contributed by atoms with Crippen LogP contribution >= 0.6 is 0 Å². The summed E-state index contributed by atoms with van der Waals surface area (Å²) in [5.74, 6) is -0.317. The van der Waals surface area contributed by atoms with E-state index in [9.17, 15) is 15.0 Å². The van der Waals surface area contributed by atoms with Gasteiger partial charge in [-0.25, -0.2) is 0 Å². The minimum Gasteiger partial charge on any atom is -0.508 e. The molecular formula is C13H8O3. The summed E-state index contributed by atoms with van der Waals surface area (Å²) in [4.78, 5) is 12.0. The third kappa shape index (κ3) is 0.997. The van der Waals surface area contributed by atoms with Gasteiger partial charge in [0.05, 0.1) is 0 Å². The molecule has 3 nitrogen and oxygen atoms in total. The van der Waals surface area contributed by atoms with E-state index < -0.39 is 0 Å².